The third-order valence-electron chi connectivity index (χ3n) is 3.54. The Kier molecular flexibility index (Phi) is 4.20. The number of hydrogen-bond donors (Lipinski definition) is 0. The van der Waals surface area contributed by atoms with Crippen LogP contribution in [-0.4, -0.2) is 25.3 Å². The number of sulfonamides is 1. The van der Waals surface area contributed by atoms with Crippen molar-refractivity contribution >= 4 is 10.0 Å². The van der Waals surface area contributed by atoms with Gasteiger partial charge in [-0.15, -0.1) is 0 Å². The topological polar surface area (TPSA) is 37.4 Å². The number of piperidine rings is 1. The largest absolute Gasteiger partial charge is 0.243 e. The van der Waals surface area contributed by atoms with Gasteiger partial charge in [-0.2, -0.15) is 4.31 Å². The summed E-state index contributed by atoms with van der Waals surface area (Å²) in [5.41, 5.74) is 0. The Balaban J connectivity index is 2.37. The van der Waals surface area contributed by atoms with Crippen molar-refractivity contribution in [2.75, 3.05) is 6.54 Å². The maximum atomic E-state index is 13.2. The highest BCUT2D eigenvalue weighted by molar-refractivity contribution is 7.89. The Bertz CT molecular complexity index is 560. The van der Waals surface area contributed by atoms with E-state index in [-0.39, 0.29) is 10.9 Å². The summed E-state index contributed by atoms with van der Waals surface area (Å²) >= 11 is 0. The molecule has 1 atom stereocenters. The minimum atomic E-state index is -3.74. The maximum Gasteiger partial charge on any atom is 0.243 e. The second-order valence-electron chi connectivity index (χ2n) is 4.75. The molecule has 0 amide bonds. The maximum absolute atomic E-state index is 13.2. The lowest BCUT2D eigenvalue weighted by atomic mass is 10.0. The number of benzene rings is 1. The molecule has 1 heterocycles. The van der Waals surface area contributed by atoms with Gasteiger partial charge in [-0.3, -0.25) is 0 Å². The molecule has 2 rings (SSSR count). The lowest BCUT2D eigenvalue weighted by Gasteiger charge is -2.34. The fourth-order valence-corrected chi connectivity index (χ4v) is 4.25. The lowest BCUT2D eigenvalue weighted by Crippen LogP contribution is -2.43. The molecule has 1 aromatic carbocycles. The van der Waals surface area contributed by atoms with E-state index < -0.39 is 21.7 Å². The molecule has 106 valence electrons. The molecule has 6 heteroatoms. The highest BCUT2D eigenvalue weighted by Crippen LogP contribution is 2.27. The molecule has 3 nitrogen and oxygen atoms in total. The smallest absolute Gasteiger partial charge is 0.207 e. The molecule has 1 saturated heterocycles. The van der Waals surface area contributed by atoms with E-state index in [1.54, 1.807) is 0 Å². The van der Waals surface area contributed by atoms with Crippen molar-refractivity contribution < 1.29 is 17.2 Å². The fraction of sp³-hybridized carbons (Fsp3) is 0.538. The minimum absolute atomic E-state index is 0.0492. The van der Waals surface area contributed by atoms with Crippen molar-refractivity contribution in [1.82, 2.24) is 4.31 Å². The van der Waals surface area contributed by atoms with Gasteiger partial charge in [0, 0.05) is 12.6 Å². The average molecular weight is 289 g/mol. The van der Waals surface area contributed by atoms with Crippen molar-refractivity contribution in [1.29, 1.82) is 0 Å². The molecule has 0 spiro atoms. The first-order chi connectivity index (χ1) is 8.96. The molecule has 1 fully saturated rings. The van der Waals surface area contributed by atoms with Crippen LogP contribution >= 0.6 is 0 Å². The van der Waals surface area contributed by atoms with Crippen LogP contribution in [0.1, 0.15) is 32.6 Å². The number of rotatable bonds is 3. The lowest BCUT2D eigenvalue weighted by molar-refractivity contribution is 0.246. The second-order valence-corrected chi connectivity index (χ2v) is 6.64. The van der Waals surface area contributed by atoms with Gasteiger partial charge in [0.25, 0.3) is 0 Å². The molecule has 0 aromatic heterocycles. The van der Waals surface area contributed by atoms with Gasteiger partial charge in [0.15, 0.2) is 11.6 Å². The molecule has 1 aromatic rings. The molecule has 0 unspecified atom stereocenters. The zero-order valence-corrected chi connectivity index (χ0v) is 11.6. The third kappa shape index (κ3) is 2.79. The van der Waals surface area contributed by atoms with E-state index in [4.69, 9.17) is 0 Å². The van der Waals surface area contributed by atoms with Crippen LogP contribution < -0.4 is 0 Å². The summed E-state index contributed by atoms with van der Waals surface area (Å²) in [5, 5.41) is 0. The van der Waals surface area contributed by atoms with Crippen LogP contribution in [-0.2, 0) is 10.0 Å². The Morgan fingerprint density at radius 3 is 2.63 bits per heavy atom. The van der Waals surface area contributed by atoms with Gasteiger partial charge in [-0.25, -0.2) is 17.2 Å². The molecular weight excluding hydrogens is 272 g/mol. The summed E-state index contributed by atoms with van der Waals surface area (Å²) in [6.45, 7) is 2.38. The Labute approximate surface area is 112 Å². The van der Waals surface area contributed by atoms with Crippen LogP contribution in [0.3, 0.4) is 0 Å². The van der Waals surface area contributed by atoms with E-state index >= 15 is 0 Å². The molecule has 0 bridgehead atoms. The summed E-state index contributed by atoms with van der Waals surface area (Å²) in [7, 11) is -3.74. The average Bonchev–Trinajstić information content (AvgIpc) is 2.41. The van der Waals surface area contributed by atoms with E-state index in [1.807, 2.05) is 6.92 Å². The standard InChI is InChI=1S/C13H17F2NO2S/c1-2-10-5-3-4-8-16(10)19(17,18)11-6-7-12(14)13(15)9-11/h6-7,9-10H,2-5,8H2,1H3/t10-/m0/s1. The van der Waals surface area contributed by atoms with Crippen LogP contribution in [0.5, 0.6) is 0 Å². The minimum Gasteiger partial charge on any atom is -0.207 e. The molecule has 0 saturated carbocycles. The van der Waals surface area contributed by atoms with Crippen LogP contribution in [0.4, 0.5) is 8.78 Å². The number of hydrogen-bond acceptors (Lipinski definition) is 2. The molecular formula is C13H17F2NO2S. The van der Waals surface area contributed by atoms with Crippen molar-refractivity contribution in [2.45, 2.75) is 43.5 Å². The monoisotopic (exact) mass is 289 g/mol. The number of halogens is 2. The highest BCUT2D eigenvalue weighted by atomic mass is 32.2. The van der Waals surface area contributed by atoms with Crippen LogP contribution in [0.2, 0.25) is 0 Å². The molecule has 0 aliphatic carbocycles. The third-order valence-corrected chi connectivity index (χ3v) is 5.49. The SMILES string of the molecule is CC[C@H]1CCCCN1S(=O)(=O)c1ccc(F)c(F)c1. The first-order valence-corrected chi connectivity index (χ1v) is 7.87. The van der Waals surface area contributed by atoms with E-state index in [0.717, 1.165) is 43.9 Å². The Hall–Kier alpha value is -1.01. The van der Waals surface area contributed by atoms with Crippen molar-refractivity contribution in [3.8, 4) is 0 Å². The summed E-state index contributed by atoms with van der Waals surface area (Å²) < 4.78 is 52.4. The van der Waals surface area contributed by atoms with Crippen LogP contribution in [0.15, 0.2) is 23.1 Å². The first-order valence-electron chi connectivity index (χ1n) is 6.43. The predicted octanol–water partition coefficient (Wildman–Crippen LogP) is 2.92. The molecule has 19 heavy (non-hydrogen) atoms. The fourth-order valence-electron chi connectivity index (χ4n) is 2.47. The van der Waals surface area contributed by atoms with Crippen molar-refractivity contribution in [3.05, 3.63) is 29.8 Å². The normalized spacial score (nSPS) is 21.5. The summed E-state index contributed by atoms with van der Waals surface area (Å²) in [6, 6.07) is 2.68. The summed E-state index contributed by atoms with van der Waals surface area (Å²) in [4.78, 5) is -0.174. The van der Waals surface area contributed by atoms with Gasteiger partial charge in [0.1, 0.15) is 0 Å². The molecule has 1 aliphatic heterocycles. The quantitative estimate of drug-likeness (QED) is 0.858. The molecule has 1 aliphatic rings. The van der Waals surface area contributed by atoms with Gasteiger partial charge in [-0.1, -0.05) is 13.3 Å². The first kappa shape index (κ1) is 14.4. The molecule has 0 N–H and O–H groups in total. The van der Waals surface area contributed by atoms with E-state index in [2.05, 4.69) is 0 Å². The van der Waals surface area contributed by atoms with Gasteiger partial charge >= 0.3 is 0 Å². The second kappa shape index (κ2) is 5.54. The Morgan fingerprint density at radius 2 is 2.00 bits per heavy atom. The van der Waals surface area contributed by atoms with Crippen molar-refractivity contribution in [2.24, 2.45) is 0 Å². The zero-order valence-electron chi connectivity index (χ0n) is 10.8. The van der Waals surface area contributed by atoms with Gasteiger partial charge in [-0.05, 0) is 37.5 Å². The summed E-state index contributed by atoms with van der Waals surface area (Å²) in [6.07, 6.45) is 3.35. The van der Waals surface area contributed by atoms with Gasteiger partial charge in [0.2, 0.25) is 10.0 Å². The van der Waals surface area contributed by atoms with Crippen LogP contribution in [0, 0.1) is 11.6 Å². The van der Waals surface area contributed by atoms with Crippen LogP contribution in [0.25, 0.3) is 0 Å². The highest BCUT2D eigenvalue weighted by Gasteiger charge is 2.32. The van der Waals surface area contributed by atoms with E-state index in [9.17, 15) is 17.2 Å². The summed E-state index contributed by atoms with van der Waals surface area (Å²) in [5.74, 6) is -2.17. The van der Waals surface area contributed by atoms with Gasteiger partial charge in [0.05, 0.1) is 4.90 Å². The zero-order chi connectivity index (χ0) is 14.0. The Morgan fingerprint density at radius 1 is 1.26 bits per heavy atom. The van der Waals surface area contributed by atoms with E-state index in [0.29, 0.717) is 6.54 Å². The predicted molar refractivity (Wildman–Crippen MR) is 68.2 cm³/mol. The van der Waals surface area contributed by atoms with Crippen molar-refractivity contribution in [3.63, 3.8) is 0 Å². The molecule has 0 radical (unpaired) electrons. The number of nitrogens with zero attached hydrogens (tertiary/aromatic N) is 1. The van der Waals surface area contributed by atoms with E-state index in [1.165, 1.54) is 4.31 Å². The van der Waals surface area contributed by atoms with Gasteiger partial charge < -0.3 is 0 Å².